The Kier molecular flexibility index (Phi) is 3.79. The summed E-state index contributed by atoms with van der Waals surface area (Å²) in [5.41, 5.74) is 2.79. The zero-order valence-corrected chi connectivity index (χ0v) is 12.0. The zero-order chi connectivity index (χ0) is 14.7. The highest BCUT2D eigenvalue weighted by molar-refractivity contribution is 6.31. The first kappa shape index (κ1) is 13.5. The Morgan fingerprint density at radius 3 is 2.81 bits per heavy atom. The van der Waals surface area contributed by atoms with Crippen LogP contribution in [0.2, 0.25) is 5.02 Å². The van der Waals surface area contributed by atoms with Gasteiger partial charge in [0.05, 0.1) is 11.4 Å². The molecular weight excluding hydrogens is 286 g/mol. The van der Waals surface area contributed by atoms with E-state index in [1.54, 1.807) is 23.0 Å². The number of halogens is 1. The lowest BCUT2D eigenvalue weighted by Gasteiger charge is -2.13. The van der Waals surface area contributed by atoms with E-state index in [9.17, 15) is 5.11 Å². The minimum absolute atomic E-state index is 0.257. The zero-order valence-electron chi connectivity index (χ0n) is 11.2. The van der Waals surface area contributed by atoms with E-state index in [0.29, 0.717) is 11.6 Å². The van der Waals surface area contributed by atoms with Crippen molar-refractivity contribution in [3.8, 4) is 11.4 Å². The molecule has 0 fully saturated rings. The van der Waals surface area contributed by atoms with Crippen LogP contribution in [0.15, 0.2) is 60.9 Å². The molecule has 0 aliphatic carbocycles. The molecule has 2 N–H and O–H groups in total. The summed E-state index contributed by atoms with van der Waals surface area (Å²) in [5.74, 6) is 0.257. The summed E-state index contributed by atoms with van der Waals surface area (Å²) >= 11 is 6.08. The van der Waals surface area contributed by atoms with Crippen molar-refractivity contribution in [2.75, 3.05) is 5.32 Å². The minimum atomic E-state index is 0.257. The second kappa shape index (κ2) is 5.89. The van der Waals surface area contributed by atoms with Gasteiger partial charge in [-0.2, -0.15) is 5.10 Å². The quantitative estimate of drug-likeness (QED) is 0.769. The number of phenolic OH excluding ortho intramolecular Hbond substituents is 1. The van der Waals surface area contributed by atoms with E-state index >= 15 is 0 Å². The Hall–Kier alpha value is -2.46. The summed E-state index contributed by atoms with van der Waals surface area (Å²) in [4.78, 5) is 0. The topological polar surface area (TPSA) is 50.1 Å². The first-order chi connectivity index (χ1) is 10.2. The van der Waals surface area contributed by atoms with Crippen LogP contribution in [0.4, 0.5) is 5.69 Å². The van der Waals surface area contributed by atoms with Crippen molar-refractivity contribution in [1.82, 2.24) is 9.78 Å². The Labute approximate surface area is 127 Å². The molecule has 0 aliphatic heterocycles. The molecule has 0 saturated heterocycles. The van der Waals surface area contributed by atoms with Gasteiger partial charge in [-0.1, -0.05) is 23.7 Å². The van der Waals surface area contributed by atoms with Crippen LogP contribution >= 0.6 is 11.6 Å². The van der Waals surface area contributed by atoms with Gasteiger partial charge < -0.3 is 10.4 Å². The Morgan fingerprint density at radius 2 is 2.05 bits per heavy atom. The van der Waals surface area contributed by atoms with E-state index in [4.69, 9.17) is 11.6 Å². The van der Waals surface area contributed by atoms with Gasteiger partial charge in [0.25, 0.3) is 0 Å². The van der Waals surface area contributed by atoms with Crippen molar-refractivity contribution in [3.05, 3.63) is 71.5 Å². The molecule has 1 heterocycles. The third kappa shape index (κ3) is 3.17. The molecule has 1 aromatic heterocycles. The summed E-state index contributed by atoms with van der Waals surface area (Å²) < 4.78 is 1.78. The van der Waals surface area contributed by atoms with Gasteiger partial charge in [-0.05, 0) is 42.0 Å². The number of phenols is 1. The molecular formula is C16H14ClN3O. The molecule has 0 bridgehead atoms. The van der Waals surface area contributed by atoms with E-state index in [2.05, 4.69) is 10.4 Å². The van der Waals surface area contributed by atoms with Crippen LogP contribution in [-0.4, -0.2) is 14.9 Å². The van der Waals surface area contributed by atoms with Crippen molar-refractivity contribution in [2.45, 2.75) is 6.54 Å². The molecule has 0 saturated carbocycles. The van der Waals surface area contributed by atoms with E-state index in [-0.39, 0.29) is 5.75 Å². The fourth-order valence-corrected chi connectivity index (χ4v) is 2.30. The number of rotatable bonds is 4. The number of anilines is 1. The van der Waals surface area contributed by atoms with Crippen molar-refractivity contribution >= 4 is 17.3 Å². The number of aromatic hydroxyl groups is 1. The maximum absolute atomic E-state index is 9.50. The monoisotopic (exact) mass is 299 g/mol. The van der Waals surface area contributed by atoms with Crippen LogP contribution in [0, 0.1) is 0 Å². The van der Waals surface area contributed by atoms with Crippen LogP contribution in [0.5, 0.6) is 5.75 Å². The van der Waals surface area contributed by atoms with Gasteiger partial charge in [0.1, 0.15) is 5.75 Å². The molecule has 4 nitrogen and oxygen atoms in total. The maximum atomic E-state index is 9.50. The minimum Gasteiger partial charge on any atom is -0.508 e. The van der Waals surface area contributed by atoms with Crippen LogP contribution in [-0.2, 0) is 6.54 Å². The number of nitrogens with one attached hydrogen (secondary N) is 1. The highest BCUT2D eigenvalue weighted by Gasteiger charge is 2.06. The van der Waals surface area contributed by atoms with Crippen LogP contribution < -0.4 is 5.32 Å². The smallest absolute Gasteiger partial charge is 0.115 e. The number of hydrogen-bond donors (Lipinski definition) is 2. The van der Waals surface area contributed by atoms with E-state index in [0.717, 1.165) is 16.9 Å². The molecule has 0 spiro atoms. The normalized spacial score (nSPS) is 10.5. The first-order valence-corrected chi connectivity index (χ1v) is 6.91. The second-order valence-electron chi connectivity index (χ2n) is 4.64. The number of nitrogens with zero attached hydrogens (tertiary/aromatic N) is 2. The lowest BCUT2D eigenvalue weighted by molar-refractivity contribution is 0.474. The predicted octanol–water partition coefficient (Wildman–Crippen LogP) is 3.84. The van der Waals surface area contributed by atoms with Crippen LogP contribution in [0.1, 0.15) is 5.56 Å². The van der Waals surface area contributed by atoms with Gasteiger partial charge in [-0.3, -0.25) is 0 Å². The molecule has 0 amide bonds. The molecule has 2 aromatic carbocycles. The van der Waals surface area contributed by atoms with Crippen molar-refractivity contribution in [3.63, 3.8) is 0 Å². The van der Waals surface area contributed by atoms with Gasteiger partial charge in [0.2, 0.25) is 0 Å². The van der Waals surface area contributed by atoms with Crippen LogP contribution in [0.3, 0.4) is 0 Å². The number of hydrogen-bond acceptors (Lipinski definition) is 3. The summed E-state index contributed by atoms with van der Waals surface area (Å²) in [6.07, 6.45) is 3.61. The Morgan fingerprint density at radius 1 is 1.14 bits per heavy atom. The third-order valence-corrected chi connectivity index (χ3v) is 3.34. The fourth-order valence-electron chi connectivity index (χ4n) is 2.12. The predicted molar refractivity (Wildman–Crippen MR) is 84.0 cm³/mol. The molecule has 106 valence electrons. The lowest BCUT2D eigenvalue weighted by Crippen LogP contribution is -2.05. The number of aromatic nitrogens is 2. The summed E-state index contributed by atoms with van der Waals surface area (Å²) in [5, 5.41) is 17.7. The molecule has 0 aliphatic rings. The molecule has 3 aromatic rings. The largest absolute Gasteiger partial charge is 0.508 e. The van der Waals surface area contributed by atoms with E-state index in [1.165, 1.54) is 0 Å². The Balaban J connectivity index is 1.86. The van der Waals surface area contributed by atoms with E-state index in [1.807, 2.05) is 42.6 Å². The summed E-state index contributed by atoms with van der Waals surface area (Å²) in [6.45, 7) is 0.586. The first-order valence-electron chi connectivity index (χ1n) is 6.54. The molecule has 0 atom stereocenters. The molecule has 5 heteroatoms. The maximum Gasteiger partial charge on any atom is 0.115 e. The second-order valence-corrected chi connectivity index (χ2v) is 5.07. The van der Waals surface area contributed by atoms with Gasteiger partial charge in [0.15, 0.2) is 0 Å². The highest BCUT2D eigenvalue weighted by Crippen LogP contribution is 2.25. The van der Waals surface area contributed by atoms with Crippen molar-refractivity contribution in [2.24, 2.45) is 0 Å². The van der Waals surface area contributed by atoms with Gasteiger partial charge >= 0.3 is 0 Å². The molecule has 0 radical (unpaired) electrons. The average molecular weight is 300 g/mol. The van der Waals surface area contributed by atoms with Crippen molar-refractivity contribution in [1.29, 1.82) is 0 Å². The molecule has 3 rings (SSSR count). The fraction of sp³-hybridized carbons (Fsp3) is 0.0625. The summed E-state index contributed by atoms with van der Waals surface area (Å²) in [6, 6.07) is 14.6. The van der Waals surface area contributed by atoms with Gasteiger partial charge in [0, 0.05) is 24.0 Å². The third-order valence-electron chi connectivity index (χ3n) is 3.10. The molecule has 0 unspecified atom stereocenters. The highest BCUT2D eigenvalue weighted by atomic mass is 35.5. The average Bonchev–Trinajstić information content (AvgIpc) is 2.99. The van der Waals surface area contributed by atoms with E-state index < -0.39 is 0 Å². The van der Waals surface area contributed by atoms with Gasteiger partial charge in [-0.25, -0.2) is 4.68 Å². The summed E-state index contributed by atoms with van der Waals surface area (Å²) in [7, 11) is 0. The SMILES string of the molecule is Oc1cccc(CNc2cc(Cl)ccc2-n2cccn2)c1. The van der Waals surface area contributed by atoms with Crippen molar-refractivity contribution < 1.29 is 5.11 Å². The standard InChI is InChI=1S/C16H14ClN3O/c17-13-5-6-16(20-8-2-7-19-20)15(10-13)18-11-12-3-1-4-14(21)9-12/h1-10,18,21H,11H2. The van der Waals surface area contributed by atoms with Gasteiger partial charge in [-0.15, -0.1) is 0 Å². The lowest BCUT2D eigenvalue weighted by atomic mass is 10.2. The van der Waals surface area contributed by atoms with Crippen LogP contribution in [0.25, 0.3) is 5.69 Å². The Bertz CT molecular complexity index is 741. The number of benzene rings is 2. The molecule has 21 heavy (non-hydrogen) atoms.